The van der Waals surface area contributed by atoms with E-state index in [0.29, 0.717) is 11.3 Å². The van der Waals surface area contributed by atoms with Crippen molar-refractivity contribution >= 4 is 11.6 Å². The van der Waals surface area contributed by atoms with Crippen molar-refractivity contribution in [1.29, 1.82) is 0 Å². The summed E-state index contributed by atoms with van der Waals surface area (Å²) < 4.78 is 0. The maximum Gasteiger partial charge on any atom is 0.251 e. The minimum Gasteiger partial charge on any atom is -0.398 e. The number of piperidine rings is 1. The van der Waals surface area contributed by atoms with Crippen molar-refractivity contribution in [3.63, 3.8) is 0 Å². The van der Waals surface area contributed by atoms with E-state index in [4.69, 9.17) is 5.73 Å². The second kappa shape index (κ2) is 5.34. The molecule has 0 bridgehead atoms. The molecule has 1 aliphatic rings. The zero-order valence-electron chi connectivity index (χ0n) is 13.7. The molecule has 4 nitrogen and oxygen atoms in total. The maximum atomic E-state index is 12.5. The summed E-state index contributed by atoms with van der Waals surface area (Å²) in [7, 11) is 0. The third-order valence-corrected chi connectivity index (χ3v) is 4.15. The Kier molecular flexibility index (Phi) is 4.02. The van der Waals surface area contributed by atoms with E-state index in [1.54, 1.807) is 0 Å². The molecule has 1 aromatic rings. The van der Waals surface area contributed by atoms with E-state index in [2.05, 4.69) is 38.3 Å². The predicted molar refractivity (Wildman–Crippen MR) is 87.4 cm³/mol. The number of nitrogens with one attached hydrogen (secondary N) is 2. The molecule has 4 N–H and O–H groups in total. The average Bonchev–Trinajstić information content (AvgIpc) is 2.28. The van der Waals surface area contributed by atoms with E-state index >= 15 is 0 Å². The van der Waals surface area contributed by atoms with Crippen LogP contribution >= 0.6 is 0 Å². The van der Waals surface area contributed by atoms with Crippen LogP contribution in [-0.4, -0.2) is 23.0 Å². The van der Waals surface area contributed by atoms with Crippen LogP contribution in [0, 0.1) is 6.92 Å². The van der Waals surface area contributed by atoms with Crippen molar-refractivity contribution in [3.05, 3.63) is 29.3 Å². The molecule has 1 aromatic carbocycles. The average molecular weight is 289 g/mol. The Bertz CT molecular complexity index is 533. The molecule has 1 saturated heterocycles. The number of carbonyl (C=O) groups is 1. The van der Waals surface area contributed by atoms with Gasteiger partial charge in [0.25, 0.3) is 5.91 Å². The van der Waals surface area contributed by atoms with Gasteiger partial charge in [0.05, 0.1) is 0 Å². The number of anilines is 1. The summed E-state index contributed by atoms with van der Waals surface area (Å²) in [5, 5.41) is 6.80. The number of carbonyl (C=O) groups excluding carboxylic acids is 1. The molecule has 0 radical (unpaired) electrons. The van der Waals surface area contributed by atoms with Crippen LogP contribution in [0.5, 0.6) is 0 Å². The molecule has 0 unspecified atom stereocenters. The molecule has 21 heavy (non-hydrogen) atoms. The smallest absolute Gasteiger partial charge is 0.251 e. The monoisotopic (exact) mass is 289 g/mol. The Morgan fingerprint density at radius 2 is 1.81 bits per heavy atom. The molecule has 1 amide bonds. The lowest BCUT2D eigenvalue weighted by atomic mass is 9.79. The minimum absolute atomic E-state index is 0.0183. The van der Waals surface area contributed by atoms with Gasteiger partial charge in [-0.1, -0.05) is 6.07 Å². The molecule has 116 valence electrons. The van der Waals surface area contributed by atoms with E-state index in [1.807, 2.05) is 25.1 Å². The Hall–Kier alpha value is -1.55. The Morgan fingerprint density at radius 1 is 1.24 bits per heavy atom. The van der Waals surface area contributed by atoms with Gasteiger partial charge < -0.3 is 16.4 Å². The Morgan fingerprint density at radius 3 is 2.38 bits per heavy atom. The lowest BCUT2D eigenvalue weighted by molar-refractivity contribution is 0.0872. The summed E-state index contributed by atoms with van der Waals surface area (Å²) in [6.07, 6.45) is 1.84. The third-order valence-electron chi connectivity index (χ3n) is 4.15. The van der Waals surface area contributed by atoms with Crippen molar-refractivity contribution in [2.24, 2.45) is 0 Å². The first-order chi connectivity index (χ1) is 9.60. The molecule has 0 spiro atoms. The molecular weight excluding hydrogens is 262 g/mol. The largest absolute Gasteiger partial charge is 0.398 e. The zero-order valence-corrected chi connectivity index (χ0v) is 13.7. The first kappa shape index (κ1) is 15.8. The van der Waals surface area contributed by atoms with Gasteiger partial charge in [-0.05, 0) is 65.2 Å². The van der Waals surface area contributed by atoms with Gasteiger partial charge in [-0.2, -0.15) is 0 Å². The standard InChI is InChI=1S/C17H27N3O/c1-11-13(7-6-8-14(11)18)15(21)19-12-9-16(2,3)20-17(4,5)10-12/h6-8,12,20H,9-10,18H2,1-5H3,(H,19,21). The summed E-state index contributed by atoms with van der Waals surface area (Å²) >= 11 is 0. The van der Waals surface area contributed by atoms with Crippen LogP contribution in [0.15, 0.2) is 18.2 Å². The summed E-state index contributed by atoms with van der Waals surface area (Å²) in [6, 6.07) is 5.65. The van der Waals surface area contributed by atoms with Crippen molar-refractivity contribution in [3.8, 4) is 0 Å². The SMILES string of the molecule is Cc1c(N)cccc1C(=O)NC1CC(C)(C)NC(C)(C)C1. The Labute approximate surface area is 127 Å². The van der Waals surface area contributed by atoms with Gasteiger partial charge in [0.15, 0.2) is 0 Å². The minimum atomic E-state index is -0.0294. The van der Waals surface area contributed by atoms with Gasteiger partial charge in [-0.25, -0.2) is 0 Å². The molecular formula is C17H27N3O. The van der Waals surface area contributed by atoms with E-state index in [1.165, 1.54) is 0 Å². The highest BCUT2D eigenvalue weighted by atomic mass is 16.1. The number of nitrogens with two attached hydrogens (primary N) is 1. The molecule has 2 rings (SSSR count). The highest BCUT2D eigenvalue weighted by Crippen LogP contribution is 2.28. The first-order valence-corrected chi connectivity index (χ1v) is 7.55. The second-order valence-corrected chi connectivity index (χ2v) is 7.49. The number of nitrogen functional groups attached to an aromatic ring is 1. The van der Waals surface area contributed by atoms with Gasteiger partial charge >= 0.3 is 0 Å². The molecule has 0 atom stereocenters. The second-order valence-electron chi connectivity index (χ2n) is 7.49. The predicted octanol–water partition coefficient (Wildman–Crippen LogP) is 2.62. The van der Waals surface area contributed by atoms with Crippen molar-refractivity contribution in [2.45, 2.75) is 64.6 Å². The summed E-state index contributed by atoms with van der Waals surface area (Å²) in [6.45, 7) is 10.6. The fourth-order valence-electron chi connectivity index (χ4n) is 3.59. The van der Waals surface area contributed by atoms with Crippen LogP contribution in [0.2, 0.25) is 0 Å². The molecule has 1 fully saturated rings. The van der Waals surface area contributed by atoms with Gasteiger partial charge in [0, 0.05) is 28.4 Å². The lowest BCUT2D eigenvalue weighted by Crippen LogP contribution is -2.62. The summed E-state index contributed by atoms with van der Waals surface area (Å²) in [4.78, 5) is 12.5. The highest BCUT2D eigenvalue weighted by Gasteiger charge is 2.38. The van der Waals surface area contributed by atoms with E-state index in [9.17, 15) is 4.79 Å². The van der Waals surface area contributed by atoms with Crippen LogP contribution < -0.4 is 16.4 Å². The molecule has 1 aliphatic heterocycles. The van der Waals surface area contributed by atoms with E-state index < -0.39 is 0 Å². The molecule has 0 aromatic heterocycles. The lowest BCUT2D eigenvalue weighted by Gasteiger charge is -2.46. The summed E-state index contributed by atoms with van der Waals surface area (Å²) in [5.74, 6) is -0.0294. The van der Waals surface area contributed by atoms with Gasteiger partial charge in [-0.3, -0.25) is 4.79 Å². The van der Waals surface area contributed by atoms with E-state index in [0.717, 1.165) is 18.4 Å². The summed E-state index contributed by atoms with van der Waals surface area (Å²) in [5.41, 5.74) is 8.11. The van der Waals surface area contributed by atoms with Crippen molar-refractivity contribution < 1.29 is 4.79 Å². The highest BCUT2D eigenvalue weighted by molar-refractivity contribution is 5.97. The van der Waals surface area contributed by atoms with Gasteiger partial charge in [0.1, 0.15) is 0 Å². The van der Waals surface area contributed by atoms with Crippen LogP contribution in [0.25, 0.3) is 0 Å². The first-order valence-electron chi connectivity index (χ1n) is 7.55. The van der Waals surface area contributed by atoms with Crippen LogP contribution in [-0.2, 0) is 0 Å². The quantitative estimate of drug-likeness (QED) is 0.733. The normalized spacial score (nSPS) is 21.0. The van der Waals surface area contributed by atoms with Crippen molar-refractivity contribution in [1.82, 2.24) is 10.6 Å². The number of rotatable bonds is 2. The van der Waals surface area contributed by atoms with Crippen molar-refractivity contribution in [2.75, 3.05) is 5.73 Å². The van der Waals surface area contributed by atoms with Crippen LogP contribution in [0.1, 0.15) is 56.5 Å². The van der Waals surface area contributed by atoms with E-state index in [-0.39, 0.29) is 23.0 Å². The van der Waals surface area contributed by atoms with Crippen LogP contribution in [0.4, 0.5) is 5.69 Å². The number of benzene rings is 1. The Balaban J connectivity index is 2.14. The topological polar surface area (TPSA) is 67.2 Å². The molecule has 0 saturated carbocycles. The van der Waals surface area contributed by atoms with Gasteiger partial charge in [0.2, 0.25) is 0 Å². The van der Waals surface area contributed by atoms with Gasteiger partial charge in [-0.15, -0.1) is 0 Å². The number of hydrogen-bond acceptors (Lipinski definition) is 3. The fraction of sp³-hybridized carbons (Fsp3) is 0.588. The fourth-order valence-corrected chi connectivity index (χ4v) is 3.59. The maximum absolute atomic E-state index is 12.5. The number of hydrogen-bond donors (Lipinski definition) is 3. The molecule has 4 heteroatoms. The molecule has 0 aliphatic carbocycles. The third kappa shape index (κ3) is 3.76. The zero-order chi connectivity index (χ0) is 15.8. The van der Waals surface area contributed by atoms with Crippen LogP contribution in [0.3, 0.4) is 0 Å². The number of amides is 1. The molecule has 1 heterocycles.